The van der Waals surface area contributed by atoms with Crippen molar-refractivity contribution in [3.63, 3.8) is 0 Å². The number of nitrogens with two attached hydrogens (primary N) is 1. The zero-order valence-corrected chi connectivity index (χ0v) is 9.48. The summed E-state index contributed by atoms with van der Waals surface area (Å²) in [5.74, 6) is -1.69. The third-order valence-electron chi connectivity index (χ3n) is 1.80. The number of nitrogens with one attached hydrogen (secondary N) is 1. The van der Waals surface area contributed by atoms with E-state index < -0.39 is 17.7 Å². The fourth-order valence-corrected chi connectivity index (χ4v) is 1.06. The maximum atomic E-state index is 12.7. The van der Waals surface area contributed by atoms with Crippen LogP contribution >= 0.6 is 12.4 Å². The lowest BCUT2D eigenvalue weighted by Gasteiger charge is -2.07. The van der Waals surface area contributed by atoms with Crippen LogP contribution < -0.4 is 11.1 Å². The molecule has 6 heteroatoms. The molecule has 1 aromatic rings. The van der Waals surface area contributed by atoms with Gasteiger partial charge < -0.3 is 11.1 Å². The minimum Gasteiger partial charge on any atom is -0.351 e. The zero-order valence-electron chi connectivity index (χ0n) is 8.67. The van der Waals surface area contributed by atoms with Gasteiger partial charge in [-0.15, -0.1) is 12.4 Å². The minimum absolute atomic E-state index is 0. The molecule has 0 aromatic heterocycles. The third-order valence-corrected chi connectivity index (χ3v) is 1.80. The number of hydrogen-bond acceptors (Lipinski definition) is 2. The van der Waals surface area contributed by atoms with E-state index in [1.54, 1.807) is 0 Å². The normalized spacial score (nSPS) is 11.5. The molecule has 0 radical (unpaired) electrons. The van der Waals surface area contributed by atoms with E-state index in [0.717, 1.165) is 18.2 Å². The first-order chi connectivity index (χ1) is 6.99. The van der Waals surface area contributed by atoms with E-state index in [9.17, 15) is 13.6 Å². The van der Waals surface area contributed by atoms with Crippen LogP contribution in [0.1, 0.15) is 12.5 Å². The Bertz CT molecular complexity index is 352. The highest BCUT2D eigenvalue weighted by molar-refractivity contribution is 5.85. The summed E-state index contributed by atoms with van der Waals surface area (Å²) in [5, 5.41) is 2.46. The van der Waals surface area contributed by atoms with E-state index >= 15 is 0 Å². The molecule has 0 aliphatic carbocycles. The Morgan fingerprint density at radius 2 is 1.88 bits per heavy atom. The van der Waals surface area contributed by atoms with Gasteiger partial charge in [-0.25, -0.2) is 8.78 Å². The molecule has 1 aromatic carbocycles. The molecule has 0 unspecified atom stereocenters. The third kappa shape index (κ3) is 4.55. The SMILES string of the molecule is C[C@@H](N)C(=O)NCc1cc(F)cc(F)c1.Cl. The summed E-state index contributed by atoms with van der Waals surface area (Å²) in [6.07, 6.45) is 0. The maximum Gasteiger partial charge on any atom is 0.236 e. The van der Waals surface area contributed by atoms with Crippen LogP contribution in [0.5, 0.6) is 0 Å². The van der Waals surface area contributed by atoms with E-state index in [4.69, 9.17) is 5.73 Å². The van der Waals surface area contributed by atoms with Crippen LogP contribution in [0, 0.1) is 11.6 Å². The standard InChI is InChI=1S/C10H12F2N2O.ClH/c1-6(13)10(15)14-5-7-2-8(11)4-9(12)3-7;/h2-4,6H,5,13H2,1H3,(H,14,15);1H/t6-;/m1./s1. The molecule has 0 bridgehead atoms. The molecule has 3 nitrogen and oxygen atoms in total. The molecular weight excluding hydrogens is 238 g/mol. The second-order valence-corrected chi connectivity index (χ2v) is 3.28. The summed E-state index contributed by atoms with van der Waals surface area (Å²) in [4.78, 5) is 11.1. The van der Waals surface area contributed by atoms with Crippen molar-refractivity contribution in [3.8, 4) is 0 Å². The molecule has 0 heterocycles. The van der Waals surface area contributed by atoms with Crippen molar-refractivity contribution < 1.29 is 13.6 Å². The lowest BCUT2D eigenvalue weighted by Crippen LogP contribution is -2.37. The van der Waals surface area contributed by atoms with Crippen molar-refractivity contribution >= 4 is 18.3 Å². The van der Waals surface area contributed by atoms with E-state index in [-0.39, 0.29) is 24.9 Å². The second-order valence-electron chi connectivity index (χ2n) is 3.28. The minimum atomic E-state index is -0.667. The Balaban J connectivity index is 0.00000225. The predicted octanol–water partition coefficient (Wildman–Crippen LogP) is 1.35. The number of rotatable bonds is 3. The van der Waals surface area contributed by atoms with Crippen LogP contribution in [0.2, 0.25) is 0 Å². The van der Waals surface area contributed by atoms with Crippen molar-refractivity contribution in [3.05, 3.63) is 35.4 Å². The number of amides is 1. The smallest absolute Gasteiger partial charge is 0.236 e. The number of hydrogen-bond donors (Lipinski definition) is 2. The summed E-state index contributed by atoms with van der Waals surface area (Å²) < 4.78 is 25.5. The van der Waals surface area contributed by atoms with Gasteiger partial charge in [-0.2, -0.15) is 0 Å². The van der Waals surface area contributed by atoms with Crippen molar-refractivity contribution in [1.82, 2.24) is 5.32 Å². The summed E-state index contributed by atoms with van der Waals surface area (Å²) in [6.45, 7) is 1.59. The Kier molecular flexibility index (Phi) is 5.92. The van der Waals surface area contributed by atoms with Crippen molar-refractivity contribution in [2.24, 2.45) is 5.73 Å². The molecule has 0 saturated heterocycles. The van der Waals surface area contributed by atoms with Gasteiger partial charge in [0, 0.05) is 12.6 Å². The molecule has 0 saturated carbocycles. The average molecular weight is 251 g/mol. The van der Waals surface area contributed by atoms with Crippen LogP contribution in [-0.4, -0.2) is 11.9 Å². The van der Waals surface area contributed by atoms with Crippen molar-refractivity contribution in [2.75, 3.05) is 0 Å². The number of carbonyl (C=O) groups is 1. The zero-order chi connectivity index (χ0) is 11.4. The molecule has 0 aliphatic heterocycles. The first kappa shape index (κ1) is 14.8. The lowest BCUT2D eigenvalue weighted by atomic mass is 10.2. The van der Waals surface area contributed by atoms with Gasteiger partial charge in [0.25, 0.3) is 0 Å². The Morgan fingerprint density at radius 1 is 1.38 bits per heavy atom. The molecular formula is C10H13ClF2N2O. The van der Waals surface area contributed by atoms with E-state index in [2.05, 4.69) is 5.32 Å². The van der Waals surface area contributed by atoms with Crippen LogP contribution in [-0.2, 0) is 11.3 Å². The van der Waals surface area contributed by atoms with Crippen molar-refractivity contribution in [1.29, 1.82) is 0 Å². The summed E-state index contributed by atoms with van der Waals surface area (Å²) in [6, 6.07) is 2.45. The molecule has 0 fully saturated rings. The summed E-state index contributed by atoms with van der Waals surface area (Å²) in [5.41, 5.74) is 5.66. The van der Waals surface area contributed by atoms with Gasteiger partial charge in [-0.05, 0) is 24.6 Å². The van der Waals surface area contributed by atoms with E-state index in [1.807, 2.05) is 0 Å². The molecule has 1 atom stereocenters. The number of benzene rings is 1. The molecule has 0 aliphatic rings. The molecule has 1 rings (SSSR count). The van der Waals surface area contributed by atoms with Crippen LogP contribution in [0.4, 0.5) is 8.78 Å². The highest BCUT2D eigenvalue weighted by Gasteiger charge is 2.07. The largest absolute Gasteiger partial charge is 0.351 e. The fraction of sp³-hybridized carbons (Fsp3) is 0.300. The van der Waals surface area contributed by atoms with Gasteiger partial charge in [-0.1, -0.05) is 0 Å². The van der Waals surface area contributed by atoms with Crippen LogP contribution in [0.25, 0.3) is 0 Å². The van der Waals surface area contributed by atoms with Gasteiger partial charge in [-0.3, -0.25) is 4.79 Å². The summed E-state index contributed by atoms with van der Waals surface area (Å²) >= 11 is 0. The molecule has 1 amide bonds. The topological polar surface area (TPSA) is 55.1 Å². The molecule has 0 spiro atoms. The van der Waals surface area contributed by atoms with Crippen LogP contribution in [0.15, 0.2) is 18.2 Å². The first-order valence-corrected chi connectivity index (χ1v) is 4.47. The van der Waals surface area contributed by atoms with Gasteiger partial charge >= 0.3 is 0 Å². The van der Waals surface area contributed by atoms with E-state index in [1.165, 1.54) is 6.92 Å². The van der Waals surface area contributed by atoms with Gasteiger partial charge in [0.15, 0.2) is 0 Å². The number of carbonyl (C=O) groups excluding carboxylic acids is 1. The first-order valence-electron chi connectivity index (χ1n) is 4.47. The van der Waals surface area contributed by atoms with Crippen LogP contribution in [0.3, 0.4) is 0 Å². The molecule has 90 valence electrons. The fourth-order valence-electron chi connectivity index (χ4n) is 1.06. The molecule has 16 heavy (non-hydrogen) atoms. The van der Waals surface area contributed by atoms with Gasteiger partial charge in [0.05, 0.1) is 6.04 Å². The number of halogens is 3. The highest BCUT2D eigenvalue weighted by atomic mass is 35.5. The van der Waals surface area contributed by atoms with Gasteiger partial charge in [0.2, 0.25) is 5.91 Å². The van der Waals surface area contributed by atoms with Gasteiger partial charge in [0.1, 0.15) is 11.6 Å². The Labute approximate surface area is 98.4 Å². The Hall–Kier alpha value is -1.20. The quantitative estimate of drug-likeness (QED) is 0.851. The second kappa shape index (κ2) is 6.40. The molecule has 3 N–H and O–H groups in total. The Morgan fingerprint density at radius 3 is 2.31 bits per heavy atom. The monoisotopic (exact) mass is 250 g/mol. The van der Waals surface area contributed by atoms with Crippen molar-refractivity contribution in [2.45, 2.75) is 19.5 Å². The maximum absolute atomic E-state index is 12.7. The van der Waals surface area contributed by atoms with E-state index in [0.29, 0.717) is 5.56 Å². The average Bonchev–Trinajstić information content (AvgIpc) is 2.12. The summed E-state index contributed by atoms with van der Waals surface area (Å²) in [7, 11) is 0. The predicted molar refractivity (Wildman–Crippen MR) is 59.1 cm³/mol. The lowest BCUT2D eigenvalue weighted by molar-refractivity contribution is -0.122. The highest BCUT2D eigenvalue weighted by Crippen LogP contribution is 2.07.